The Morgan fingerprint density at radius 1 is 1.68 bits per heavy atom. The highest BCUT2D eigenvalue weighted by Gasteiger charge is 2.27. The minimum absolute atomic E-state index is 0.216. The van der Waals surface area contributed by atoms with Gasteiger partial charge >= 0.3 is 5.97 Å². The predicted octanol–water partition coefficient (Wildman–Crippen LogP) is 1.07. The second-order valence-electron chi connectivity index (χ2n) is 4.46. The van der Waals surface area contributed by atoms with E-state index in [9.17, 15) is 4.79 Å². The summed E-state index contributed by atoms with van der Waals surface area (Å²) in [6.07, 6.45) is 2.48. The van der Waals surface area contributed by atoms with E-state index in [1.807, 2.05) is 0 Å². The summed E-state index contributed by atoms with van der Waals surface area (Å²) in [5.74, 6) is 0.201. The van der Waals surface area contributed by atoms with Gasteiger partial charge in [0.05, 0.1) is 38.2 Å². The minimum atomic E-state index is -0.420. The first kappa shape index (κ1) is 13.6. The maximum absolute atomic E-state index is 11.8. The van der Waals surface area contributed by atoms with Crippen LogP contribution in [0.3, 0.4) is 0 Å². The summed E-state index contributed by atoms with van der Waals surface area (Å²) in [6.45, 7) is 4.06. The number of hydrogen-bond donors (Lipinski definition) is 1. The van der Waals surface area contributed by atoms with Crippen molar-refractivity contribution in [2.45, 2.75) is 19.4 Å². The molecule has 1 aliphatic rings. The fraction of sp³-hybridized carbons (Fsp3) is 0.538. The summed E-state index contributed by atoms with van der Waals surface area (Å²) in [7, 11) is 1.35. The summed E-state index contributed by atoms with van der Waals surface area (Å²) in [4.78, 5) is 18.3. The van der Waals surface area contributed by atoms with Crippen LogP contribution in [-0.4, -0.2) is 43.9 Å². The van der Waals surface area contributed by atoms with Gasteiger partial charge in [-0.2, -0.15) is 0 Å². The smallest absolute Gasteiger partial charge is 0.341 e. The van der Waals surface area contributed by atoms with Gasteiger partial charge in [0.1, 0.15) is 11.4 Å². The van der Waals surface area contributed by atoms with Crippen LogP contribution in [0.4, 0.5) is 11.5 Å². The topological polar surface area (TPSA) is 77.7 Å². The quantitative estimate of drug-likeness (QED) is 0.824. The lowest BCUT2D eigenvalue weighted by atomic mass is 10.1. The molecular formula is C13H19N3O3. The monoisotopic (exact) mass is 265 g/mol. The van der Waals surface area contributed by atoms with Crippen LogP contribution in [0.15, 0.2) is 12.3 Å². The van der Waals surface area contributed by atoms with Gasteiger partial charge in [-0.25, -0.2) is 9.78 Å². The van der Waals surface area contributed by atoms with Gasteiger partial charge in [0, 0.05) is 6.54 Å². The molecular weight excluding hydrogens is 246 g/mol. The molecule has 1 aromatic rings. The molecule has 0 radical (unpaired) electrons. The molecule has 2 heterocycles. The number of esters is 1. The first-order valence-corrected chi connectivity index (χ1v) is 6.35. The first-order valence-electron chi connectivity index (χ1n) is 6.35. The number of anilines is 2. The number of hydrogen-bond acceptors (Lipinski definition) is 6. The predicted molar refractivity (Wildman–Crippen MR) is 72.2 cm³/mol. The van der Waals surface area contributed by atoms with Crippen LogP contribution in [0, 0.1) is 0 Å². The molecule has 0 spiro atoms. The van der Waals surface area contributed by atoms with Crippen molar-refractivity contribution in [3.63, 3.8) is 0 Å². The SMILES string of the molecule is CCC1COCCN1c1ncc(N)cc1C(=O)OC. The third kappa shape index (κ3) is 2.78. The lowest BCUT2D eigenvalue weighted by Gasteiger charge is -2.36. The molecule has 2 N–H and O–H groups in total. The summed E-state index contributed by atoms with van der Waals surface area (Å²) < 4.78 is 10.3. The molecule has 0 saturated carbocycles. The number of nitrogen functional groups attached to an aromatic ring is 1. The van der Waals surface area contributed by atoms with Gasteiger partial charge < -0.3 is 20.1 Å². The normalized spacial score (nSPS) is 19.3. The number of carbonyl (C=O) groups excluding carboxylic acids is 1. The first-order chi connectivity index (χ1) is 9.17. The zero-order valence-corrected chi connectivity index (χ0v) is 11.3. The molecule has 0 aliphatic carbocycles. The Labute approximate surface area is 112 Å². The Hall–Kier alpha value is -1.82. The zero-order chi connectivity index (χ0) is 13.8. The summed E-state index contributed by atoms with van der Waals surface area (Å²) >= 11 is 0. The van der Waals surface area contributed by atoms with E-state index in [1.165, 1.54) is 7.11 Å². The highest BCUT2D eigenvalue weighted by molar-refractivity contribution is 5.95. The van der Waals surface area contributed by atoms with Crippen molar-refractivity contribution >= 4 is 17.5 Å². The van der Waals surface area contributed by atoms with E-state index < -0.39 is 5.97 Å². The Bertz CT molecular complexity index is 464. The Kier molecular flexibility index (Phi) is 4.21. The molecule has 104 valence electrons. The summed E-state index contributed by atoms with van der Waals surface area (Å²) in [6, 6.07) is 1.82. The summed E-state index contributed by atoms with van der Waals surface area (Å²) in [5.41, 5.74) is 6.56. The number of nitrogens with zero attached hydrogens (tertiary/aromatic N) is 2. The van der Waals surface area contributed by atoms with E-state index in [-0.39, 0.29) is 6.04 Å². The third-order valence-electron chi connectivity index (χ3n) is 3.26. The third-order valence-corrected chi connectivity index (χ3v) is 3.26. The Balaban J connectivity index is 2.39. The van der Waals surface area contributed by atoms with Gasteiger partial charge in [0.2, 0.25) is 0 Å². The molecule has 1 atom stereocenters. The van der Waals surface area contributed by atoms with Crippen LogP contribution in [0.1, 0.15) is 23.7 Å². The van der Waals surface area contributed by atoms with Gasteiger partial charge in [-0.05, 0) is 12.5 Å². The maximum atomic E-state index is 11.8. The largest absolute Gasteiger partial charge is 0.465 e. The zero-order valence-electron chi connectivity index (χ0n) is 11.3. The van der Waals surface area contributed by atoms with Crippen LogP contribution in [0.2, 0.25) is 0 Å². The van der Waals surface area contributed by atoms with Crippen LogP contribution in [-0.2, 0) is 9.47 Å². The molecule has 1 aliphatic heterocycles. The van der Waals surface area contributed by atoms with Crippen LogP contribution in [0.5, 0.6) is 0 Å². The van der Waals surface area contributed by atoms with Gasteiger partial charge in [0.25, 0.3) is 0 Å². The fourth-order valence-corrected chi connectivity index (χ4v) is 2.23. The van der Waals surface area contributed by atoms with Crippen LogP contribution >= 0.6 is 0 Å². The molecule has 19 heavy (non-hydrogen) atoms. The van der Waals surface area contributed by atoms with Gasteiger partial charge in [0.15, 0.2) is 0 Å². The Morgan fingerprint density at radius 3 is 3.16 bits per heavy atom. The molecule has 0 amide bonds. The van der Waals surface area contributed by atoms with E-state index in [1.54, 1.807) is 12.3 Å². The van der Waals surface area contributed by atoms with Gasteiger partial charge in [-0.1, -0.05) is 6.92 Å². The van der Waals surface area contributed by atoms with Gasteiger partial charge in [-0.15, -0.1) is 0 Å². The number of carbonyl (C=O) groups is 1. The molecule has 0 bridgehead atoms. The van der Waals surface area contributed by atoms with E-state index >= 15 is 0 Å². The lowest BCUT2D eigenvalue weighted by molar-refractivity contribution is 0.0598. The van der Waals surface area contributed by atoms with Crippen molar-refractivity contribution in [3.8, 4) is 0 Å². The number of nitrogens with two attached hydrogens (primary N) is 1. The van der Waals surface area contributed by atoms with Crippen molar-refractivity contribution in [3.05, 3.63) is 17.8 Å². The fourth-order valence-electron chi connectivity index (χ4n) is 2.23. The highest BCUT2D eigenvalue weighted by Crippen LogP contribution is 2.25. The minimum Gasteiger partial charge on any atom is -0.465 e. The van der Waals surface area contributed by atoms with E-state index in [2.05, 4.69) is 16.8 Å². The Morgan fingerprint density at radius 2 is 2.47 bits per heavy atom. The number of pyridine rings is 1. The van der Waals surface area contributed by atoms with Crippen molar-refractivity contribution in [1.29, 1.82) is 0 Å². The molecule has 1 unspecified atom stereocenters. The number of aromatic nitrogens is 1. The van der Waals surface area contributed by atoms with Crippen LogP contribution in [0.25, 0.3) is 0 Å². The molecule has 2 rings (SSSR count). The van der Waals surface area contributed by atoms with E-state index in [0.717, 1.165) is 6.42 Å². The summed E-state index contributed by atoms with van der Waals surface area (Å²) in [5, 5.41) is 0. The molecule has 1 saturated heterocycles. The standard InChI is InChI=1S/C13H19N3O3/c1-3-10-8-19-5-4-16(10)12-11(13(17)18-2)6-9(14)7-15-12/h6-7,10H,3-5,8,14H2,1-2H3. The number of morpholine rings is 1. The van der Waals surface area contributed by atoms with Crippen molar-refractivity contribution in [1.82, 2.24) is 4.98 Å². The van der Waals surface area contributed by atoms with Crippen molar-refractivity contribution in [2.24, 2.45) is 0 Å². The second kappa shape index (κ2) is 5.88. The average Bonchev–Trinajstić information content (AvgIpc) is 2.46. The molecule has 0 aromatic carbocycles. The van der Waals surface area contributed by atoms with Crippen molar-refractivity contribution in [2.75, 3.05) is 37.5 Å². The number of ether oxygens (including phenoxy) is 2. The highest BCUT2D eigenvalue weighted by atomic mass is 16.5. The van der Waals surface area contributed by atoms with E-state index in [0.29, 0.717) is 36.8 Å². The van der Waals surface area contributed by atoms with E-state index in [4.69, 9.17) is 15.2 Å². The lowest BCUT2D eigenvalue weighted by Crippen LogP contribution is -2.46. The molecule has 1 aromatic heterocycles. The molecule has 1 fully saturated rings. The number of methoxy groups -OCH3 is 1. The average molecular weight is 265 g/mol. The number of rotatable bonds is 3. The molecule has 6 heteroatoms. The second-order valence-corrected chi connectivity index (χ2v) is 4.46. The van der Waals surface area contributed by atoms with Crippen LogP contribution < -0.4 is 10.6 Å². The maximum Gasteiger partial charge on any atom is 0.341 e. The van der Waals surface area contributed by atoms with Crippen molar-refractivity contribution < 1.29 is 14.3 Å². The van der Waals surface area contributed by atoms with Gasteiger partial charge in [-0.3, -0.25) is 0 Å². The molecule has 6 nitrogen and oxygen atoms in total.